The molecule has 2 aromatic rings. The third kappa shape index (κ3) is 11.0. The minimum atomic E-state index is -0.847. The second-order valence-electron chi connectivity index (χ2n) is 11.8. The number of nitrogens with zero attached hydrogens (tertiary/aromatic N) is 1. The number of nitrogens with one attached hydrogen (secondary N) is 2. The van der Waals surface area contributed by atoms with Gasteiger partial charge in [0, 0.05) is 13.1 Å². The van der Waals surface area contributed by atoms with Crippen LogP contribution in [0, 0.1) is 12.8 Å². The third-order valence-corrected chi connectivity index (χ3v) is 6.65. The molecule has 0 heterocycles. The minimum Gasteiger partial charge on any atom is -0.444 e. The molecule has 7 heteroatoms. The van der Waals surface area contributed by atoms with E-state index < -0.39 is 23.8 Å². The van der Waals surface area contributed by atoms with E-state index in [0.29, 0.717) is 13.1 Å². The molecule has 2 unspecified atom stereocenters. The van der Waals surface area contributed by atoms with Gasteiger partial charge in [-0.1, -0.05) is 107 Å². The highest BCUT2D eigenvalue weighted by Gasteiger charge is 2.37. The van der Waals surface area contributed by atoms with Gasteiger partial charge >= 0.3 is 6.09 Å². The first-order valence-electron chi connectivity index (χ1n) is 14.6. The van der Waals surface area contributed by atoms with E-state index in [1.165, 1.54) is 0 Å². The van der Waals surface area contributed by atoms with Crippen molar-refractivity contribution in [2.24, 2.45) is 5.92 Å². The number of hydrogen-bond donors (Lipinski definition) is 2. The molecule has 3 amide bonds. The molecule has 0 fully saturated rings. The van der Waals surface area contributed by atoms with Crippen molar-refractivity contribution >= 4 is 17.9 Å². The topological polar surface area (TPSA) is 87.7 Å². The fourth-order valence-electron chi connectivity index (χ4n) is 4.48. The maximum absolute atomic E-state index is 14.2. The molecule has 0 spiro atoms. The molecule has 0 aliphatic rings. The van der Waals surface area contributed by atoms with Crippen LogP contribution < -0.4 is 10.6 Å². The molecular weight excluding hydrogens is 502 g/mol. The highest BCUT2D eigenvalue weighted by atomic mass is 16.6. The van der Waals surface area contributed by atoms with E-state index in [1.807, 2.05) is 75.4 Å². The van der Waals surface area contributed by atoms with E-state index in [1.54, 1.807) is 25.7 Å². The van der Waals surface area contributed by atoms with Gasteiger partial charge in [-0.15, -0.1) is 0 Å². The normalized spacial score (nSPS) is 12.9. The number of hydrogen-bond acceptors (Lipinski definition) is 4. The molecule has 0 saturated heterocycles. The first-order chi connectivity index (χ1) is 18.9. The Morgan fingerprint density at radius 3 is 2.10 bits per heavy atom. The Bertz CT molecular complexity index is 1060. The van der Waals surface area contributed by atoms with E-state index in [-0.39, 0.29) is 17.7 Å². The van der Waals surface area contributed by atoms with E-state index in [4.69, 9.17) is 4.74 Å². The van der Waals surface area contributed by atoms with Crippen LogP contribution in [0.4, 0.5) is 4.79 Å². The van der Waals surface area contributed by atoms with Crippen molar-refractivity contribution in [1.82, 2.24) is 15.5 Å². The second-order valence-corrected chi connectivity index (χ2v) is 11.8. The Morgan fingerprint density at radius 2 is 1.52 bits per heavy atom. The van der Waals surface area contributed by atoms with Crippen molar-refractivity contribution in [2.45, 2.75) is 105 Å². The number of ether oxygens (including phenoxy) is 1. The summed E-state index contributed by atoms with van der Waals surface area (Å²) in [5, 5.41) is 5.85. The van der Waals surface area contributed by atoms with Crippen LogP contribution in [-0.4, -0.2) is 41.0 Å². The van der Waals surface area contributed by atoms with Gasteiger partial charge in [0.25, 0.3) is 0 Å². The quantitative estimate of drug-likeness (QED) is 0.256. The SMILES string of the molecule is CCCCCCCN(C(=O)C(NC(=O)OC(C)(C)C)C(C)C)C(C(=O)NCc1ccccc1)c1ccc(C)cc1. The number of carbonyl (C=O) groups excluding carboxylic acids is 3. The van der Waals surface area contributed by atoms with Gasteiger partial charge in [-0.25, -0.2) is 4.79 Å². The summed E-state index contributed by atoms with van der Waals surface area (Å²) in [7, 11) is 0. The summed E-state index contributed by atoms with van der Waals surface area (Å²) in [4.78, 5) is 42.5. The van der Waals surface area contributed by atoms with E-state index >= 15 is 0 Å². The van der Waals surface area contributed by atoms with Crippen LogP contribution in [0.3, 0.4) is 0 Å². The van der Waals surface area contributed by atoms with E-state index in [2.05, 4.69) is 17.6 Å². The van der Waals surface area contributed by atoms with Gasteiger partial charge < -0.3 is 20.3 Å². The molecule has 2 aromatic carbocycles. The van der Waals surface area contributed by atoms with Crippen LogP contribution in [0.1, 0.15) is 96.4 Å². The summed E-state index contributed by atoms with van der Waals surface area (Å²) < 4.78 is 5.47. The predicted octanol–water partition coefficient (Wildman–Crippen LogP) is 6.70. The standard InChI is InChI=1S/C33H49N3O4/c1-8-9-10-11-15-22-36(31(38)28(24(2)3)35-32(39)40-33(5,6)7)29(27-20-18-25(4)19-21-27)30(37)34-23-26-16-13-12-14-17-26/h12-14,16-21,24,28-29H,8-11,15,22-23H2,1-7H3,(H,34,37)(H,35,39). The van der Waals surface area contributed by atoms with Gasteiger partial charge in [-0.2, -0.15) is 0 Å². The summed E-state index contributed by atoms with van der Waals surface area (Å²) in [5.74, 6) is -0.764. The van der Waals surface area contributed by atoms with Crippen molar-refractivity contribution in [3.63, 3.8) is 0 Å². The van der Waals surface area contributed by atoms with Gasteiger partial charge in [0.15, 0.2) is 0 Å². The Balaban J connectivity index is 2.43. The Hall–Kier alpha value is -3.35. The van der Waals surface area contributed by atoms with Crippen LogP contribution >= 0.6 is 0 Å². The highest BCUT2D eigenvalue weighted by molar-refractivity contribution is 5.92. The third-order valence-electron chi connectivity index (χ3n) is 6.65. The van der Waals surface area contributed by atoms with E-state index in [0.717, 1.165) is 48.8 Å². The summed E-state index contributed by atoms with van der Waals surface area (Å²) in [6.45, 7) is 14.0. The number of carbonyl (C=O) groups is 3. The number of aryl methyl sites for hydroxylation is 1. The van der Waals surface area contributed by atoms with Crippen LogP contribution in [0.2, 0.25) is 0 Å². The summed E-state index contributed by atoms with van der Waals surface area (Å²) in [5.41, 5.74) is 2.08. The molecule has 220 valence electrons. The van der Waals surface area contributed by atoms with Crippen LogP contribution in [-0.2, 0) is 20.9 Å². The largest absolute Gasteiger partial charge is 0.444 e. The Kier molecular flexibility index (Phi) is 13.2. The Morgan fingerprint density at radius 1 is 0.900 bits per heavy atom. The van der Waals surface area contributed by atoms with Crippen molar-refractivity contribution < 1.29 is 19.1 Å². The second kappa shape index (κ2) is 16.0. The van der Waals surface area contributed by atoms with Crippen LogP contribution in [0.5, 0.6) is 0 Å². The lowest BCUT2D eigenvalue weighted by molar-refractivity contribution is -0.143. The predicted molar refractivity (Wildman–Crippen MR) is 161 cm³/mol. The Labute approximate surface area is 241 Å². The summed E-state index contributed by atoms with van der Waals surface area (Å²) in [6, 6.07) is 15.7. The van der Waals surface area contributed by atoms with Crippen molar-refractivity contribution in [3.8, 4) is 0 Å². The summed E-state index contributed by atoms with van der Waals surface area (Å²) in [6.07, 6.45) is 4.38. The lowest BCUT2D eigenvalue weighted by Crippen LogP contribution is -2.55. The monoisotopic (exact) mass is 551 g/mol. The summed E-state index contributed by atoms with van der Waals surface area (Å²) >= 11 is 0. The van der Waals surface area contributed by atoms with E-state index in [9.17, 15) is 14.4 Å². The zero-order valence-corrected chi connectivity index (χ0v) is 25.5. The lowest BCUT2D eigenvalue weighted by atomic mass is 9.97. The molecule has 2 rings (SSSR count). The minimum absolute atomic E-state index is 0.214. The zero-order chi connectivity index (χ0) is 29.7. The van der Waals surface area contributed by atoms with Crippen molar-refractivity contribution in [1.29, 1.82) is 0 Å². The molecule has 0 aromatic heterocycles. The fraction of sp³-hybridized carbons (Fsp3) is 0.545. The molecule has 2 atom stereocenters. The molecule has 0 bridgehead atoms. The zero-order valence-electron chi connectivity index (χ0n) is 25.5. The molecule has 0 aliphatic carbocycles. The lowest BCUT2D eigenvalue weighted by Gasteiger charge is -2.35. The van der Waals surface area contributed by atoms with Gasteiger partial charge in [0.1, 0.15) is 17.7 Å². The maximum atomic E-state index is 14.2. The number of amides is 3. The van der Waals surface area contributed by atoms with Gasteiger partial charge in [0.2, 0.25) is 11.8 Å². The first kappa shape index (κ1) is 32.9. The number of benzene rings is 2. The fourth-order valence-corrected chi connectivity index (χ4v) is 4.48. The molecule has 7 nitrogen and oxygen atoms in total. The molecule has 2 N–H and O–H groups in total. The van der Waals surface area contributed by atoms with Crippen LogP contribution in [0.15, 0.2) is 54.6 Å². The molecular formula is C33H49N3O4. The highest BCUT2D eigenvalue weighted by Crippen LogP contribution is 2.25. The molecule has 40 heavy (non-hydrogen) atoms. The van der Waals surface area contributed by atoms with Crippen LogP contribution in [0.25, 0.3) is 0 Å². The average Bonchev–Trinajstić information content (AvgIpc) is 2.89. The average molecular weight is 552 g/mol. The van der Waals surface area contributed by atoms with Gasteiger partial charge in [0.05, 0.1) is 0 Å². The smallest absolute Gasteiger partial charge is 0.408 e. The number of alkyl carbamates (subject to hydrolysis) is 1. The molecule has 0 aliphatic heterocycles. The number of rotatable bonds is 14. The first-order valence-corrected chi connectivity index (χ1v) is 14.6. The molecule has 0 saturated carbocycles. The molecule has 0 radical (unpaired) electrons. The van der Waals surface area contributed by atoms with Gasteiger partial charge in [-0.3, -0.25) is 9.59 Å². The van der Waals surface area contributed by atoms with Crippen molar-refractivity contribution in [3.05, 3.63) is 71.3 Å². The number of unbranched alkanes of at least 4 members (excludes halogenated alkanes) is 4. The van der Waals surface area contributed by atoms with Gasteiger partial charge in [-0.05, 0) is 51.2 Å². The maximum Gasteiger partial charge on any atom is 0.408 e. The van der Waals surface area contributed by atoms with Crippen molar-refractivity contribution in [2.75, 3.05) is 6.54 Å².